The summed E-state index contributed by atoms with van der Waals surface area (Å²) in [4.78, 5) is 11.4. The highest BCUT2D eigenvalue weighted by Gasteiger charge is 2.29. The molecular weight excluding hydrogens is 290 g/mol. The van der Waals surface area contributed by atoms with Crippen molar-refractivity contribution in [3.8, 4) is 0 Å². The van der Waals surface area contributed by atoms with Crippen LogP contribution in [0.3, 0.4) is 0 Å². The monoisotopic (exact) mass is 305 g/mol. The topological polar surface area (TPSA) is 37.3 Å². The van der Waals surface area contributed by atoms with Gasteiger partial charge in [-0.05, 0) is 23.6 Å². The fraction of sp³-hybridized carbons (Fsp3) is 0.0556. The van der Waals surface area contributed by atoms with E-state index in [0.717, 1.165) is 21.4 Å². The average molecular weight is 305 g/mol. The lowest BCUT2D eigenvalue weighted by molar-refractivity contribution is -0.134. The first-order valence-electron chi connectivity index (χ1n) is 7.03. The molecule has 3 radical (unpaired) electrons. The summed E-state index contributed by atoms with van der Waals surface area (Å²) in [6, 6.07) is 23.5. The van der Waals surface area contributed by atoms with Crippen LogP contribution in [-0.4, -0.2) is 24.8 Å². The third-order valence-electron chi connectivity index (χ3n) is 3.80. The minimum atomic E-state index is -2.48. The Morgan fingerprint density at radius 1 is 0.909 bits per heavy atom. The predicted molar refractivity (Wildman–Crippen MR) is 94.8 cm³/mol. The van der Waals surface area contributed by atoms with E-state index in [1.54, 1.807) is 0 Å². The smallest absolute Gasteiger partial charge is 0.337 e. The van der Waals surface area contributed by atoms with Crippen molar-refractivity contribution in [3.05, 3.63) is 72.8 Å². The number of carboxylic acid groups (broad SMARTS) is 1. The van der Waals surface area contributed by atoms with Gasteiger partial charge < -0.3 is 5.11 Å². The fourth-order valence-electron chi connectivity index (χ4n) is 2.78. The van der Waals surface area contributed by atoms with E-state index in [4.69, 9.17) is 7.57 Å². The molecule has 0 bridgehead atoms. The van der Waals surface area contributed by atoms with Crippen LogP contribution in [0.2, 0.25) is 0 Å². The van der Waals surface area contributed by atoms with E-state index >= 15 is 0 Å². The van der Waals surface area contributed by atoms with E-state index in [2.05, 4.69) is 0 Å². The van der Waals surface area contributed by atoms with Gasteiger partial charge >= 0.3 is 5.97 Å². The Labute approximate surface area is 131 Å². The number of hydrogen-bond acceptors (Lipinski definition) is 1. The third kappa shape index (κ3) is 2.65. The first-order chi connectivity index (χ1) is 10.6. The molecule has 1 atom stereocenters. The second kappa shape index (κ2) is 5.94. The number of hydrogen-bond donors (Lipinski definition) is 1. The van der Waals surface area contributed by atoms with Gasteiger partial charge in [-0.1, -0.05) is 54.6 Å². The van der Waals surface area contributed by atoms with E-state index in [0.29, 0.717) is 0 Å². The van der Waals surface area contributed by atoms with E-state index in [9.17, 15) is 9.90 Å². The molecular formula is C18H15BO2P. The molecule has 0 saturated heterocycles. The van der Waals surface area contributed by atoms with Crippen LogP contribution in [0.25, 0.3) is 10.8 Å². The van der Waals surface area contributed by atoms with E-state index < -0.39 is 13.1 Å². The molecule has 1 N–H and O–H groups in total. The Balaban J connectivity index is 2.27. The number of carbonyl (C=O) groups is 1. The molecule has 0 aliphatic rings. The van der Waals surface area contributed by atoms with Gasteiger partial charge in [-0.3, -0.25) is 7.57 Å². The van der Waals surface area contributed by atoms with Crippen molar-refractivity contribution >= 4 is 42.1 Å². The molecule has 0 saturated carbocycles. The van der Waals surface area contributed by atoms with Gasteiger partial charge in [-0.2, -0.15) is 7.14 Å². The van der Waals surface area contributed by atoms with E-state index in [1.165, 1.54) is 0 Å². The van der Waals surface area contributed by atoms with Gasteiger partial charge in [0.2, 0.25) is 0 Å². The van der Waals surface area contributed by atoms with Gasteiger partial charge in [0.15, 0.2) is 0 Å². The molecule has 3 aromatic rings. The maximum atomic E-state index is 11.4. The minimum absolute atomic E-state index is 0.0506. The Bertz CT molecular complexity index is 814. The zero-order valence-corrected chi connectivity index (χ0v) is 12.9. The average Bonchev–Trinajstić information content (AvgIpc) is 2.54. The minimum Gasteiger partial charge on any atom is -0.479 e. The van der Waals surface area contributed by atoms with E-state index in [-0.39, 0.29) is 6.16 Å². The number of aliphatic carboxylic acids is 1. The van der Waals surface area contributed by atoms with Crippen molar-refractivity contribution in [2.45, 2.75) is 0 Å². The SMILES string of the molecule is [B-][P+](CC(=O)O)(c1ccccc1)c1cccc2ccccc12. The van der Waals surface area contributed by atoms with Crippen molar-refractivity contribution < 1.29 is 9.90 Å². The maximum absolute atomic E-state index is 11.4. The molecule has 0 aliphatic carbocycles. The summed E-state index contributed by atoms with van der Waals surface area (Å²) < 4.78 is 0. The number of rotatable bonds is 4. The van der Waals surface area contributed by atoms with E-state index in [1.807, 2.05) is 72.8 Å². The van der Waals surface area contributed by atoms with Crippen molar-refractivity contribution in [2.75, 3.05) is 6.16 Å². The largest absolute Gasteiger partial charge is 0.479 e. The number of benzene rings is 3. The molecule has 107 valence electrons. The van der Waals surface area contributed by atoms with Gasteiger partial charge in [0, 0.05) is 10.7 Å². The molecule has 0 amide bonds. The molecule has 2 nitrogen and oxygen atoms in total. The van der Waals surface area contributed by atoms with Crippen LogP contribution in [0.15, 0.2) is 72.8 Å². The molecule has 4 heteroatoms. The summed E-state index contributed by atoms with van der Waals surface area (Å²) in [7, 11) is 4.26. The summed E-state index contributed by atoms with van der Waals surface area (Å²) in [5.41, 5.74) is 0. The molecule has 0 spiro atoms. The van der Waals surface area contributed by atoms with Crippen LogP contribution < -0.4 is 10.6 Å². The predicted octanol–water partition coefficient (Wildman–Crippen LogP) is 2.98. The van der Waals surface area contributed by atoms with Crippen LogP contribution in [-0.2, 0) is 4.79 Å². The molecule has 3 aromatic carbocycles. The van der Waals surface area contributed by atoms with Crippen molar-refractivity contribution in [1.82, 2.24) is 0 Å². The first-order valence-corrected chi connectivity index (χ1v) is 9.08. The van der Waals surface area contributed by atoms with Crippen LogP contribution in [0.1, 0.15) is 0 Å². The van der Waals surface area contributed by atoms with Gasteiger partial charge in [-0.25, -0.2) is 4.79 Å². The third-order valence-corrected chi connectivity index (χ3v) is 7.04. The fourth-order valence-corrected chi connectivity index (χ4v) is 5.53. The highest BCUT2D eigenvalue weighted by atomic mass is 31.2. The normalized spacial score (nSPS) is 13.7. The van der Waals surface area contributed by atoms with Crippen molar-refractivity contribution in [1.29, 1.82) is 0 Å². The Morgan fingerprint density at radius 3 is 2.27 bits per heavy atom. The summed E-state index contributed by atoms with van der Waals surface area (Å²) in [6.45, 7) is 0. The number of carboxylic acids is 1. The van der Waals surface area contributed by atoms with Crippen LogP contribution >= 0.6 is 7.14 Å². The van der Waals surface area contributed by atoms with Crippen molar-refractivity contribution in [2.24, 2.45) is 0 Å². The molecule has 0 heterocycles. The molecule has 3 rings (SSSR count). The summed E-state index contributed by atoms with van der Waals surface area (Å²) in [5.74, 6) is -0.868. The summed E-state index contributed by atoms with van der Waals surface area (Å²) in [5, 5.41) is 13.4. The van der Waals surface area contributed by atoms with Gasteiger partial charge in [0.05, 0.1) is 5.30 Å². The van der Waals surface area contributed by atoms with Gasteiger partial charge in [0.1, 0.15) is 6.16 Å². The van der Waals surface area contributed by atoms with Gasteiger partial charge in [0.25, 0.3) is 0 Å². The van der Waals surface area contributed by atoms with Crippen LogP contribution in [0.4, 0.5) is 0 Å². The van der Waals surface area contributed by atoms with Crippen LogP contribution in [0.5, 0.6) is 0 Å². The van der Waals surface area contributed by atoms with Crippen molar-refractivity contribution in [3.63, 3.8) is 0 Å². The first kappa shape index (κ1) is 14.8. The molecule has 0 aliphatic heterocycles. The van der Waals surface area contributed by atoms with Gasteiger partial charge in [-0.15, -0.1) is 0 Å². The quantitative estimate of drug-likeness (QED) is 0.594. The maximum Gasteiger partial charge on any atom is 0.337 e. The number of fused-ring (bicyclic) bond motifs is 1. The molecule has 0 aromatic heterocycles. The second-order valence-electron chi connectivity index (χ2n) is 5.25. The zero-order chi connectivity index (χ0) is 15.6. The molecule has 0 fully saturated rings. The molecule has 1 unspecified atom stereocenters. The Kier molecular flexibility index (Phi) is 4.00. The standard InChI is InChI=1S/C18H14BO2P/c19-22(13-18(20)21,15-9-2-1-3-10-15)17-12-6-8-14-7-4-5-11-16(14)17/h1-12H,13H2/q-1/p+1. The summed E-state index contributed by atoms with van der Waals surface area (Å²) >= 11 is 0. The second-order valence-corrected chi connectivity index (χ2v) is 8.31. The lowest BCUT2D eigenvalue weighted by Crippen LogP contribution is -2.28. The van der Waals surface area contributed by atoms with Crippen LogP contribution in [0, 0.1) is 0 Å². The lowest BCUT2D eigenvalue weighted by Gasteiger charge is -2.36. The Morgan fingerprint density at radius 2 is 1.55 bits per heavy atom. The summed E-state index contributed by atoms with van der Waals surface area (Å²) in [6.07, 6.45) is -0.0506. The highest BCUT2D eigenvalue weighted by Crippen LogP contribution is 2.52. The lowest BCUT2D eigenvalue weighted by atomic mass is 10.1. The highest BCUT2D eigenvalue weighted by molar-refractivity contribution is 8.09. The molecule has 22 heavy (non-hydrogen) atoms. The Hall–Kier alpha value is -2.12. The zero-order valence-electron chi connectivity index (χ0n) is 12.0.